The molecule has 0 amide bonds. The minimum Gasteiger partial charge on any atom is -1.00 e. The molecule has 2 aromatic rings. The summed E-state index contributed by atoms with van der Waals surface area (Å²) in [5, 5.41) is 3.42. The Morgan fingerprint density at radius 2 is 1.88 bits per heavy atom. The third-order valence-corrected chi connectivity index (χ3v) is 4.26. The van der Waals surface area contributed by atoms with E-state index in [0.717, 1.165) is 43.7 Å². The van der Waals surface area contributed by atoms with Gasteiger partial charge in [0.2, 0.25) is 0 Å². The van der Waals surface area contributed by atoms with Crippen LogP contribution in [0.25, 0.3) is 0 Å². The molecule has 4 nitrogen and oxygen atoms in total. The number of rotatable bonds is 8. The lowest BCUT2D eigenvalue weighted by Gasteiger charge is -2.14. The molecule has 1 aliphatic heterocycles. The van der Waals surface area contributed by atoms with E-state index in [4.69, 9.17) is 14.2 Å². The van der Waals surface area contributed by atoms with Gasteiger partial charge in [-0.05, 0) is 48.2 Å². The molecule has 1 atom stereocenters. The van der Waals surface area contributed by atoms with Crippen LogP contribution in [-0.4, -0.2) is 26.4 Å². The zero-order valence-corrected chi connectivity index (χ0v) is 15.6. The number of halogens is 2. The molecule has 1 fully saturated rings. The van der Waals surface area contributed by atoms with Crippen LogP contribution in [0.15, 0.2) is 42.5 Å². The molecule has 26 heavy (non-hydrogen) atoms. The van der Waals surface area contributed by atoms with Crippen LogP contribution in [0.5, 0.6) is 11.5 Å². The number of ether oxygens (including phenoxy) is 3. The predicted octanol–water partition coefficient (Wildman–Crippen LogP) is 0.686. The van der Waals surface area contributed by atoms with E-state index in [1.54, 1.807) is 19.2 Å². The second-order valence-corrected chi connectivity index (χ2v) is 6.17. The lowest BCUT2D eigenvalue weighted by atomic mass is 10.2. The summed E-state index contributed by atoms with van der Waals surface area (Å²) < 4.78 is 29.8. The molecule has 0 spiro atoms. The monoisotopic (exact) mass is 380 g/mol. The highest BCUT2D eigenvalue weighted by Gasteiger charge is 2.14. The second-order valence-electron chi connectivity index (χ2n) is 6.17. The minimum atomic E-state index is -0.249. The highest BCUT2D eigenvalue weighted by atomic mass is 35.5. The first-order valence-corrected chi connectivity index (χ1v) is 8.61. The molecule has 0 aliphatic carbocycles. The topological polar surface area (TPSA) is 39.7 Å². The normalized spacial score (nSPS) is 16.2. The van der Waals surface area contributed by atoms with Crippen molar-refractivity contribution in [1.29, 1.82) is 0 Å². The summed E-state index contributed by atoms with van der Waals surface area (Å²) in [6.07, 6.45) is 2.62. The van der Waals surface area contributed by atoms with Crippen LogP contribution in [0, 0.1) is 5.82 Å². The predicted molar refractivity (Wildman–Crippen MR) is 94.4 cm³/mol. The van der Waals surface area contributed by atoms with E-state index in [0.29, 0.717) is 24.2 Å². The van der Waals surface area contributed by atoms with E-state index in [1.807, 2.05) is 18.2 Å². The molecule has 1 heterocycles. The first-order valence-electron chi connectivity index (χ1n) is 8.61. The number of nitrogens with one attached hydrogen (secondary N) is 1. The average Bonchev–Trinajstić information content (AvgIpc) is 3.15. The molecule has 0 aromatic heterocycles. The van der Waals surface area contributed by atoms with Crippen LogP contribution in [0.3, 0.4) is 0 Å². The van der Waals surface area contributed by atoms with Crippen LogP contribution in [0.4, 0.5) is 4.39 Å². The van der Waals surface area contributed by atoms with Gasteiger partial charge >= 0.3 is 0 Å². The van der Waals surface area contributed by atoms with E-state index in [1.165, 1.54) is 12.1 Å². The largest absolute Gasteiger partial charge is 1.00 e. The minimum absolute atomic E-state index is 0. The molecule has 1 N–H and O–H groups in total. The SMILES string of the molecule is COc1cc(CNCC2CCCO2)ccc1OCc1ccc(F)cc1.[Cl-]. The molecule has 1 aliphatic rings. The standard InChI is InChI=1S/C20H24FNO3.ClH/c1-23-20-11-16(12-22-13-18-3-2-10-24-18)6-9-19(20)25-14-15-4-7-17(21)8-5-15;/h4-9,11,18,22H,2-3,10,12-14H2,1H3;1H/p-1. The lowest BCUT2D eigenvalue weighted by molar-refractivity contribution is -0.00000759. The molecule has 0 saturated carbocycles. The van der Waals surface area contributed by atoms with Crippen LogP contribution in [0.1, 0.15) is 24.0 Å². The van der Waals surface area contributed by atoms with Crippen LogP contribution in [-0.2, 0) is 17.9 Å². The summed E-state index contributed by atoms with van der Waals surface area (Å²) in [6.45, 7) is 2.87. The molecule has 142 valence electrons. The van der Waals surface area contributed by atoms with Crippen molar-refractivity contribution in [3.8, 4) is 11.5 Å². The lowest BCUT2D eigenvalue weighted by Crippen LogP contribution is -3.00. The van der Waals surface area contributed by atoms with Crippen molar-refractivity contribution in [3.63, 3.8) is 0 Å². The number of benzene rings is 2. The number of hydrogen-bond donors (Lipinski definition) is 1. The van der Waals surface area contributed by atoms with Crippen molar-refractivity contribution in [2.24, 2.45) is 0 Å². The Morgan fingerprint density at radius 1 is 1.12 bits per heavy atom. The Labute approximate surface area is 160 Å². The van der Waals surface area contributed by atoms with Crippen molar-refractivity contribution in [1.82, 2.24) is 5.32 Å². The van der Waals surface area contributed by atoms with E-state index < -0.39 is 0 Å². The summed E-state index contributed by atoms with van der Waals surface area (Å²) in [5.74, 6) is 1.12. The van der Waals surface area contributed by atoms with Gasteiger partial charge in [0.1, 0.15) is 12.4 Å². The second kappa shape index (κ2) is 10.4. The zero-order chi connectivity index (χ0) is 17.5. The molecular weight excluding hydrogens is 357 g/mol. The van der Waals surface area contributed by atoms with Gasteiger partial charge in [-0.15, -0.1) is 0 Å². The number of hydrogen-bond acceptors (Lipinski definition) is 4. The first-order chi connectivity index (χ1) is 12.2. The first kappa shape index (κ1) is 20.5. The van der Waals surface area contributed by atoms with Gasteiger partial charge in [-0.1, -0.05) is 18.2 Å². The molecule has 0 radical (unpaired) electrons. The van der Waals surface area contributed by atoms with Crippen LogP contribution < -0.4 is 27.2 Å². The fourth-order valence-electron chi connectivity index (χ4n) is 2.87. The molecule has 6 heteroatoms. The Bertz CT molecular complexity index is 675. The average molecular weight is 381 g/mol. The Hall–Kier alpha value is -1.82. The zero-order valence-electron chi connectivity index (χ0n) is 14.8. The van der Waals surface area contributed by atoms with Gasteiger partial charge in [0.05, 0.1) is 13.2 Å². The summed E-state index contributed by atoms with van der Waals surface area (Å²) in [6, 6.07) is 12.2. The van der Waals surface area contributed by atoms with Gasteiger partial charge in [-0.2, -0.15) is 0 Å². The Morgan fingerprint density at radius 3 is 2.58 bits per heavy atom. The molecular formula is C20H24ClFNO3-. The Kier molecular flexibility index (Phi) is 8.16. The summed E-state index contributed by atoms with van der Waals surface area (Å²) in [4.78, 5) is 0. The van der Waals surface area contributed by atoms with E-state index in [-0.39, 0.29) is 18.2 Å². The number of methoxy groups -OCH3 is 1. The summed E-state index contributed by atoms with van der Waals surface area (Å²) in [5.41, 5.74) is 2.04. The quantitative estimate of drug-likeness (QED) is 0.731. The summed E-state index contributed by atoms with van der Waals surface area (Å²) >= 11 is 0. The smallest absolute Gasteiger partial charge is 0.161 e. The maximum atomic E-state index is 12.9. The fourth-order valence-corrected chi connectivity index (χ4v) is 2.87. The van der Waals surface area contributed by atoms with E-state index >= 15 is 0 Å². The maximum Gasteiger partial charge on any atom is 0.161 e. The van der Waals surface area contributed by atoms with Crippen molar-refractivity contribution >= 4 is 0 Å². The fraction of sp³-hybridized carbons (Fsp3) is 0.400. The highest BCUT2D eigenvalue weighted by molar-refractivity contribution is 5.43. The van der Waals surface area contributed by atoms with Crippen molar-refractivity contribution in [2.75, 3.05) is 20.3 Å². The van der Waals surface area contributed by atoms with E-state index in [9.17, 15) is 4.39 Å². The third kappa shape index (κ3) is 5.87. The van der Waals surface area contributed by atoms with Crippen LogP contribution >= 0.6 is 0 Å². The van der Waals surface area contributed by atoms with Gasteiger partial charge in [0.25, 0.3) is 0 Å². The van der Waals surface area contributed by atoms with Gasteiger partial charge in [0, 0.05) is 19.7 Å². The van der Waals surface area contributed by atoms with Crippen molar-refractivity contribution in [2.45, 2.75) is 32.1 Å². The van der Waals surface area contributed by atoms with Gasteiger partial charge in [-0.25, -0.2) is 4.39 Å². The van der Waals surface area contributed by atoms with Crippen molar-refractivity contribution < 1.29 is 31.0 Å². The maximum absolute atomic E-state index is 12.9. The van der Waals surface area contributed by atoms with Gasteiger partial charge in [0.15, 0.2) is 11.5 Å². The Balaban J connectivity index is 0.00000243. The molecule has 0 bridgehead atoms. The van der Waals surface area contributed by atoms with E-state index in [2.05, 4.69) is 5.32 Å². The van der Waals surface area contributed by atoms with Crippen molar-refractivity contribution in [3.05, 3.63) is 59.4 Å². The van der Waals surface area contributed by atoms with Gasteiger partial charge < -0.3 is 31.9 Å². The summed E-state index contributed by atoms with van der Waals surface area (Å²) in [7, 11) is 1.63. The van der Waals surface area contributed by atoms with Crippen LogP contribution in [0.2, 0.25) is 0 Å². The molecule has 1 saturated heterocycles. The molecule has 3 rings (SSSR count). The molecule has 2 aromatic carbocycles. The highest BCUT2D eigenvalue weighted by Crippen LogP contribution is 2.29. The molecule has 1 unspecified atom stereocenters. The third-order valence-electron chi connectivity index (χ3n) is 4.26. The van der Waals surface area contributed by atoms with Gasteiger partial charge in [-0.3, -0.25) is 0 Å².